The second-order valence-electron chi connectivity index (χ2n) is 3.60. The van der Waals surface area contributed by atoms with Gasteiger partial charge in [0.15, 0.2) is 0 Å². The molecule has 0 aromatic heterocycles. The summed E-state index contributed by atoms with van der Waals surface area (Å²) >= 11 is 1.49. The van der Waals surface area contributed by atoms with Crippen molar-refractivity contribution in [2.45, 2.75) is 26.7 Å². The van der Waals surface area contributed by atoms with Gasteiger partial charge in [0.05, 0.1) is 0 Å². The molecule has 118 valence electrons. The van der Waals surface area contributed by atoms with Crippen LogP contribution in [0.3, 0.4) is 0 Å². The topological polar surface area (TPSA) is 109 Å². The Kier molecular flexibility index (Phi) is 47.8. The van der Waals surface area contributed by atoms with E-state index in [4.69, 9.17) is 28.0 Å². The van der Waals surface area contributed by atoms with Gasteiger partial charge in [0.25, 0.3) is 0 Å². The van der Waals surface area contributed by atoms with E-state index in [1.165, 1.54) is 41.9 Å². The van der Waals surface area contributed by atoms with Crippen LogP contribution in [0.15, 0.2) is 11.6 Å². The fourth-order valence-corrected chi connectivity index (χ4v) is 2.78. The summed E-state index contributed by atoms with van der Waals surface area (Å²) in [5, 5.41) is 0. The number of hydrogen-bond acceptors (Lipinski definition) is 1. The minimum atomic E-state index is 0.676. The molecule has 0 fully saturated rings. The minimum absolute atomic E-state index is 0.676. The van der Waals surface area contributed by atoms with Crippen molar-refractivity contribution in [2.75, 3.05) is 7.11 Å². The summed E-state index contributed by atoms with van der Waals surface area (Å²) in [6.07, 6.45) is 4.78. The fourth-order valence-electron chi connectivity index (χ4n) is 1.65. The summed E-state index contributed by atoms with van der Waals surface area (Å²) < 4.78 is 44.1. The van der Waals surface area contributed by atoms with Gasteiger partial charge in [-0.2, -0.15) is 0 Å². The van der Waals surface area contributed by atoms with Crippen LogP contribution in [0.4, 0.5) is 0 Å². The molecule has 0 bridgehead atoms. The first kappa shape index (κ1) is 32.8. The van der Waals surface area contributed by atoms with Gasteiger partial charge < -0.3 is 0 Å². The molecule has 7 heteroatoms. The molecule has 0 heterocycles. The molecule has 0 N–H and O–H groups in total. The SMILES string of the molecule is CO[C](=[W])[C@H]1CC(C)=CC[C@@H]1C.[C-]#[O+].[C-]#[O+].[C-]#[O+].[C-]#[O+].[C-]#[O+]. The van der Waals surface area contributed by atoms with E-state index in [1.807, 2.05) is 0 Å². The molecule has 0 amide bonds. The van der Waals surface area contributed by atoms with Gasteiger partial charge in [0.2, 0.25) is 0 Å². The molecular weight excluding hydrogens is 460 g/mol. The predicted molar refractivity (Wildman–Crippen MR) is 67.3 cm³/mol. The first-order valence-electron chi connectivity index (χ1n) is 5.40. The fraction of sp³-hybridized carbons (Fsp3) is 0.467. The molecule has 0 saturated heterocycles. The normalized spacial score (nSPS) is 16.7. The van der Waals surface area contributed by atoms with E-state index in [9.17, 15) is 0 Å². The summed E-state index contributed by atoms with van der Waals surface area (Å²) in [6, 6.07) is 0. The molecule has 6 nitrogen and oxygen atoms in total. The first-order valence-corrected chi connectivity index (χ1v) is 6.87. The van der Waals surface area contributed by atoms with Crippen LogP contribution in [-0.2, 0) is 47.4 Å². The van der Waals surface area contributed by atoms with Crippen molar-refractivity contribution in [2.24, 2.45) is 11.8 Å². The third kappa shape index (κ3) is 19.0. The van der Waals surface area contributed by atoms with Crippen molar-refractivity contribution in [1.82, 2.24) is 0 Å². The van der Waals surface area contributed by atoms with Gasteiger partial charge in [-0.25, -0.2) is 0 Å². The Hall–Kier alpha value is -1.04. The monoisotopic (exact) mass is 476 g/mol. The van der Waals surface area contributed by atoms with E-state index in [0.29, 0.717) is 5.92 Å². The average Bonchev–Trinajstić information content (AvgIpc) is 2.65. The number of ether oxygens (including phenoxy) is 1. The van der Waals surface area contributed by atoms with Crippen molar-refractivity contribution in [3.63, 3.8) is 0 Å². The van der Waals surface area contributed by atoms with Crippen LogP contribution in [0, 0.1) is 45.1 Å². The molecule has 0 aromatic carbocycles. The van der Waals surface area contributed by atoms with Crippen LogP contribution < -0.4 is 0 Å². The maximum atomic E-state index is 7.50. The maximum absolute atomic E-state index is 7.50. The summed E-state index contributed by atoms with van der Waals surface area (Å²) in [4.78, 5) is 0. The van der Waals surface area contributed by atoms with Gasteiger partial charge in [0, 0.05) is 0 Å². The van der Waals surface area contributed by atoms with Gasteiger partial charge >= 0.3 is 142 Å². The third-order valence-electron chi connectivity index (χ3n) is 2.57. The van der Waals surface area contributed by atoms with Crippen LogP contribution in [0.1, 0.15) is 26.7 Å². The number of rotatable bonds is 2. The molecule has 0 unspecified atom stereocenters. The van der Waals surface area contributed by atoms with Crippen molar-refractivity contribution in [3.8, 4) is 0 Å². The van der Waals surface area contributed by atoms with E-state index in [-0.39, 0.29) is 0 Å². The Balaban J connectivity index is -0.0000000822. The first-order chi connectivity index (χ1) is 10.6. The second-order valence-corrected chi connectivity index (χ2v) is 5.04. The summed E-state index contributed by atoms with van der Waals surface area (Å²) in [6.45, 7) is 27.0. The predicted octanol–water partition coefficient (Wildman–Crippen LogP) is 2.11. The Morgan fingerprint density at radius 3 is 1.73 bits per heavy atom. The van der Waals surface area contributed by atoms with Crippen molar-refractivity contribution >= 4 is 4.08 Å². The van der Waals surface area contributed by atoms with Gasteiger partial charge in [0.1, 0.15) is 0 Å². The van der Waals surface area contributed by atoms with Crippen molar-refractivity contribution < 1.29 is 47.4 Å². The summed E-state index contributed by atoms with van der Waals surface area (Å²) in [7, 11) is 1.79. The summed E-state index contributed by atoms with van der Waals surface area (Å²) in [5.41, 5.74) is 1.52. The number of allylic oxidation sites excluding steroid dienone is 2. The molecule has 1 rings (SSSR count). The Morgan fingerprint density at radius 2 is 1.41 bits per heavy atom. The standard InChI is InChI=1S/C10H16O.5CO.W/c1-8-4-5-9(2)10(6-8)7-11-3;5*1-2;/h4,9-10H,5-6H2,1-3H3;;;;;;/t9-,10+;;;;;;/m0....../s1. The number of methoxy groups -OCH3 is 1. The Labute approximate surface area is 142 Å². The van der Waals surface area contributed by atoms with Crippen LogP contribution in [0.25, 0.3) is 0 Å². The third-order valence-corrected chi connectivity index (χ3v) is 4.26. The van der Waals surface area contributed by atoms with Crippen LogP contribution in [0.2, 0.25) is 0 Å². The van der Waals surface area contributed by atoms with Crippen molar-refractivity contribution in [3.05, 3.63) is 44.9 Å². The molecular formula is C15H16O6W. The molecule has 0 aliphatic heterocycles. The van der Waals surface area contributed by atoms with E-state index in [0.717, 1.165) is 5.92 Å². The van der Waals surface area contributed by atoms with Crippen LogP contribution >= 0.6 is 0 Å². The van der Waals surface area contributed by atoms with Gasteiger partial charge in [-0.05, 0) is 0 Å². The number of hydrogen-bond donors (Lipinski definition) is 0. The Morgan fingerprint density at radius 1 is 1.05 bits per heavy atom. The zero-order chi connectivity index (χ0) is 19.1. The molecule has 0 spiro atoms. The molecule has 0 saturated carbocycles. The van der Waals surface area contributed by atoms with Crippen LogP contribution in [0.5, 0.6) is 0 Å². The van der Waals surface area contributed by atoms with Gasteiger partial charge in [-0.1, -0.05) is 0 Å². The van der Waals surface area contributed by atoms with Gasteiger partial charge in [-0.3, -0.25) is 0 Å². The van der Waals surface area contributed by atoms with Crippen LogP contribution in [-0.4, -0.2) is 11.2 Å². The van der Waals surface area contributed by atoms with E-state index in [1.54, 1.807) is 7.11 Å². The quantitative estimate of drug-likeness (QED) is 0.340. The van der Waals surface area contributed by atoms with Crippen molar-refractivity contribution in [1.29, 1.82) is 0 Å². The molecule has 0 radical (unpaired) electrons. The molecule has 1 aliphatic rings. The second kappa shape index (κ2) is 32.1. The van der Waals surface area contributed by atoms with E-state index < -0.39 is 0 Å². The zero-order valence-corrected chi connectivity index (χ0v) is 15.4. The van der Waals surface area contributed by atoms with E-state index in [2.05, 4.69) is 53.2 Å². The molecule has 22 heavy (non-hydrogen) atoms. The van der Waals surface area contributed by atoms with Gasteiger partial charge in [-0.15, -0.1) is 0 Å². The van der Waals surface area contributed by atoms with E-state index >= 15 is 0 Å². The molecule has 1 aliphatic carbocycles. The zero-order valence-electron chi connectivity index (χ0n) is 12.5. The Bertz CT molecular complexity index is 354. The molecule has 2 atom stereocenters. The summed E-state index contributed by atoms with van der Waals surface area (Å²) in [5.74, 6) is 1.44. The average molecular weight is 476 g/mol. The molecule has 0 aromatic rings.